The van der Waals surface area contributed by atoms with Gasteiger partial charge < -0.3 is 20.5 Å². The Bertz CT molecular complexity index is 1380. The van der Waals surface area contributed by atoms with Gasteiger partial charge in [-0.2, -0.15) is 26.3 Å². The molecule has 2 unspecified atom stereocenters. The van der Waals surface area contributed by atoms with Gasteiger partial charge in [0, 0.05) is 5.92 Å². The van der Waals surface area contributed by atoms with Crippen molar-refractivity contribution < 1.29 is 49.6 Å². The lowest BCUT2D eigenvalue weighted by Crippen LogP contribution is -2.50. The van der Waals surface area contributed by atoms with Crippen molar-refractivity contribution in [2.75, 3.05) is 11.9 Å². The number of hydrogen-bond donors (Lipinski definition) is 3. The summed E-state index contributed by atoms with van der Waals surface area (Å²) in [5.41, 5.74) is -2.65. The summed E-state index contributed by atoms with van der Waals surface area (Å²) in [6.45, 7) is -0.864. The lowest BCUT2D eigenvalue weighted by Gasteiger charge is -2.28. The molecule has 3 amide bonds. The van der Waals surface area contributed by atoms with Crippen molar-refractivity contribution in [2.24, 2.45) is 17.8 Å². The van der Waals surface area contributed by atoms with Gasteiger partial charge in [-0.1, -0.05) is 5.16 Å². The van der Waals surface area contributed by atoms with Crippen LogP contribution >= 0.6 is 0 Å². The third kappa shape index (κ3) is 7.29. The highest BCUT2D eigenvalue weighted by molar-refractivity contribution is 6.02. The monoisotopic (exact) mass is 618 g/mol. The van der Waals surface area contributed by atoms with Crippen LogP contribution in [0.25, 0.3) is 0 Å². The molecule has 8 nitrogen and oxygen atoms in total. The number of rotatable bonds is 11. The lowest BCUT2D eigenvalue weighted by molar-refractivity contribution is -0.141. The van der Waals surface area contributed by atoms with Crippen LogP contribution in [0.3, 0.4) is 0 Å². The van der Waals surface area contributed by atoms with Crippen molar-refractivity contribution in [2.45, 2.75) is 75.7 Å². The Balaban J connectivity index is 1.41. The Morgan fingerprint density at radius 2 is 1.60 bits per heavy atom. The molecular formula is C28H29F7N4O4. The molecule has 3 fully saturated rings. The van der Waals surface area contributed by atoms with E-state index < -0.39 is 71.2 Å². The van der Waals surface area contributed by atoms with Crippen molar-refractivity contribution >= 4 is 23.4 Å². The zero-order valence-corrected chi connectivity index (χ0v) is 22.9. The van der Waals surface area contributed by atoms with Gasteiger partial charge in [0.15, 0.2) is 0 Å². The standard InChI is InChI=1S/C28H29F7N4O4/c1-12(24(40)36-11-27(30,31)32)16-8-19(29)20(9-18(16)28(33,34)35)37-26(42)23(21(13-2-3-13)14-4-5-14)38-25(41)17-10-43-39-22(17)15-6-7-15/h8-10,12-15,21,23H,2-7,11H2,1H3,(H,36,40)(H,37,42)(H,38,41). The van der Waals surface area contributed by atoms with Gasteiger partial charge >= 0.3 is 12.4 Å². The fourth-order valence-corrected chi connectivity index (χ4v) is 5.49. The van der Waals surface area contributed by atoms with Gasteiger partial charge in [0.1, 0.15) is 30.2 Å². The second-order valence-electron chi connectivity index (χ2n) is 11.6. The molecule has 3 aliphatic carbocycles. The van der Waals surface area contributed by atoms with Gasteiger partial charge in [-0.25, -0.2) is 4.39 Å². The first kappa shape index (κ1) is 30.8. The Morgan fingerprint density at radius 3 is 2.14 bits per heavy atom. The van der Waals surface area contributed by atoms with Crippen molar-refractivity contribution in [3.8, 4) is 0 Å². The first-order valence-corrected chi connectivity index (χ1v) is 13.9. The van der Waals surface area contributed by atoms with E-state index in [4.69, 9.17) is 4.52 Å². The molecule has 1 heterocycles. The zero-order valence-electron chi connectivity index (χ0n) is 22.9. The number of halogens is 7. The number of alkyl halides is 6. The predicted molar refractivity (Wildman–Crippen MR) is 136 cm³/mol. The normalized spacial score (nSPS) is 18.7. The van der Waals surface area contributed by atoms with Crippen LogP contribution in [0.2, 0.25) is 0 Å². The minimum Gasteiger partial charge on any atom is -0.364 e. The molecule has 234 valence electrons. The van der Waals surface area contributed by atoms with Crippen molar-refractivity contribution in [3.05, 3.63) is 46.6 Å². The van der Waals surface area contributed by atoms with Crippen molar-refractivity contribution in [1.29, 1.82) is 0 Å². The fourth-order valence-electron chi connectivity index (χ4n) is 5.49. The molecule has 0 saturated heterocycles. The summed E-state index contributed by atoms with van der Waals surface area (Å²) in [6.07, 6.45) is -3.93. The number of anilines is 1. The van der Waals surface area contributed by atoms with E-state index in [1.165, 1.54) is 11.6 Å². The maximum Gasteiger partial charge on any atom is 0.416 e. The molecular weight excluding hydrogens is 589 g/mol. The summed E-state index contributed by atoms with van der Waals surface area (Å²) >= 11 is 0. The van der Waals surface area contributed by atoms with Gasteiger partial charge in [-0.3, -0.25) is 14.4 Å². The lowest BCUT2D eigenvalue weighted by atomic mass is 9.88. The third-order valence-electron chi connectivity index (χ3n) is 8.12. The molecule has 0 aliphatic heterocycles. The van der Waals surface area contributed by atoms with Gasteiger partial charge in [0.25, 0.3) is 5.91 Å². The summed E-state index contributed by atoms with van der Waals surface area (Å²) in [4.78, 5) is 39.0. The quantitative estimate of drug-likeness (QED) is 0.281. The number of aromatic nitrogens is 1. The van der Waals surface area contributed by atoms with E-state index in [0.29, 0.717) is 17.8 Å². The van der Waals surface area contributed by atoms with Crippen LogP contribution in [0.4, 0.5) is 36.4 Å². The minimum atomic E-state index is -5.15. The zero-order chi connectivity index (χ0) is 31.3. The topological polar surface area (TPSA) is 113 Å². The van der Waals surface area contributed by atoms with Crippen LogP contribution in [0, 0.1) is 23.6 Å². The van der Waals surface area contributed by atoms with Crippen LogP contribution in [-0.2, 0) is 15.8 Å². The first-order valence-electron chi connectivity index (χ1n) is 13.9. The molecule has 0 radical (unpaired) electrons. The van der Waals surface area contributed by atoms with E-state index in [1.807, 2.05) is 0 Å². The number of carbonyl (C=O) groups is 3. The fraction of sp³-hybridized carbons (Fsp3) is 0.571. The molecule has 0 spiro atoms. The third-order valence-corrected chi connectivity index (χ3v) is 8.12. The van der Waals surface area contributed by atoms with E-state index in [-0.39, 0.29) is 29.2 Å². The minimum absolute atomic E-state index is 0.0563. The molecule has 2 atom stereocenters. The highest BCUT2D eigenvalue weighted by Gasteiger charge is 2.49. The predicted octanol–water partition coefficient (Wildman–Crippen LogP) is 5.67. The number of amides is 3. The average Bonchev–Trinajstić information content (AvgIpc) is 3.78. The first-order chi connectivity index (χ1) is 20.1. The van der Waals surface area contributed by atoms with E-state index in [1.54, 1.807) is 0 Å². The summed E-state index contributed by atoms with van der Waals surface area (Å²) < 4.78 is 99.8. The smallest absolute Gasteiger partial charge is 0.364 e. The second kappa shape index (κ2) is 11.5. The Morgan fingerprint density at radius 1 is 0.977 bits per heavy atom. The SMILES string of the molecule is CC(C(=O)NCC(F)(F)F)c1cc(F)c(NC(=O)C(NC(=O)c2conc2C2CC2)C(C2CC2)C2CC2)cc1C(F)(F)F. The molecule has 3 N–H and O–H groups in total. The van der Waals surface area contributed by atoms with Crippen LogP contribution < -0.4 is 16.0 Å². The number of benzene rings is 1. The van der Waals surface area contributed by atoms with Gasteiger partial charge in [0.05, 0.1) is 22.9 Å². The largest absolute Gasteiger partial charge is 0.416 e. The van der Waals surface area contributed by atoms with Gasteiger partial charge in [-0.05, 0) is 80.9 Å². The number of nitrogens with zero attached hydrogens (tertiary/aromatic N) is 1. The number of hydrogen-bond acceptors (Lipinski definition) is 5. The van der Waals surface area contributed by atoms with Crippen LogP contribution in [-0.4, -0.2) is 41.6 Å². The van der Waals surface area contributed by atoms with Crippen molar-refractivity contribution in [3.63, 3.8) is 0 Å². The Hall–Kier alpha value is -3.65. The maximum atomic E-state index is 15.2. The van der Waals surface area contributed by atoms with Crippen molar-refractivity contribution in [1.82, 2.24) is 15.8 Å². The summed E-state index contributed by atoms with van der Waals surface area (Å²) in [5.74, 6) is -6.15. The molecule has 5 rings (SSSR count). The van der Waals surface area contributed by atoms with Gasteiger partial charge in [0.2, 0.25) is 11.8 Å². The summed E-state index contributed by atoms with van der Waals surface area (Å²) in [7, 11) is 0. The molecule has 1 aromatic heterocycles. The highest BCUT2D eigenvalue weighted by Crippen LogP contribution is 2.51. The van der Waals surface area contributed by atoms with E-state index in [2.05, 4.69) is 15.8 Å². The summed E-state index contributed by atoms with van der Waals surface area (Å²) in [6, 6.07) is -0.513. The molecule has 15 heteroatoms. The van der Waals surface area contributed by atoms with E-state index >= 15 is 4.39 Å². The summed E-state index contributed by atoms with van der Waals surface area (Å²) in [5, 5.41) is 10.3. The Labute approximate surface area is 241 Å². The van der Waals surface area contributed by atoms with Gasteiger partial charge in [-0.15, -0.1) is 0 Å². The molecule has 2 aromatic rings. The van der Waals surface area contributed by atoms with E-state index in [0.717, 1.165) is 45.4 Å². The number of nitrogens with one attached hydrogen (secondary N) is 3. The average molecular weight is 619 g/mol. The molecule has 0 bridgehead atoms. The molecule has 3 saturated carbocycles. The van der Waals surface area contributed by atoms with Crippen LogP contribution in [0.5, 0.6) is 0 Å². The van der Waals surface area contributed by atoms with Crippen LogP contribution in [0.15, 0.2) is 22.9 Å². The molecule has 3 aliphatic rings. The molecule has 1 aromatic carbocycles. The number of carbonyl (C=O) groups excluding carboxylic acids is 3. The van der Waals surface area contributed by atoms with Crippen LogP contribution in [0.1, 0.15) is 84.5 Å². The Kier molecular flexibility index (Phi) is 8.20. The molecule has 43 heavy (non-hydrogen) atoms. The maximum absolute atomic E-state index is 15.2. The van der Waals surface area contributed by atoms with E-state index in [9.17, 15) is 40.7 Å². The second-order valence-corrected chi connectivity index (χ2v) is 11.6. The highest BCUT2D eigenvalue weighted by atomic mass is 19.4.